The Hall–Kier alpha value is -3.48. The number of amides is 1. The third-order valence-corrected chi connectivity index (χ3v) is 6.16. The van der Waals surface area contributed by atoms with Crippen LogP contribution in [-0.2, 0) is 22.5 Å². The molecule has 172 valence electrons. The van der Waals surface area contributed by atoms with Crippen LogP contribution < -0.4 is 5.56 Å². The maximum absolute atomic E-state index is 12.8. The molecule has 33 heavy (non-hydrogen) atoms. The predicted octanol–water partition coefficient (Wildman–Crippen LogP) is 3.44. The Kier molecular flexibility index (Phi) is 7.17. The van der Waals surface area contributed by atoms with Gasteiger partial charge in [-0.1, -0.05) is 55.5 Å². The lowest BCUT2D eigenvalue weighted by atomic mass is 9.90. The molecule has 0 atom stereocenters. The molecule has 0 unspecified atom stereocenters. The van der Waals surface area contributed by atoms with Gasteiger partial charge in [0.25, 0.3) is 11.5 Å². The van der Waals surface area contributed by atoms with Gasteiger partial charge in [-0.2, -0.15) is 5.10 Å². The van der Waals surface area contributed by atoms with Crippen molar-refractivity contribution >= 4 is 22.6 Å². The molecule has 7 nitrogen and oxygen atoms in total. The van der Waals surface area contributed by atoms with E-state index in [2.05, 4.69) is 29.4 Å². The number of hydrogen-bond donors (Lipinski definition) is 0. The maximum atomic E-state index is 12.8. The third kappa shape index (κ3) is 5.30. The lowest BCUT2D eigenvalue weighted by Crippen LogP contribution is -2.41. The van der Waals surface area contributed by atoms with Gasteiger partial charge in [0.2, 0.25) is 0 Å². The number of carbonyl (C=O) groups is 2. The Bertz CT molecular complexity index is 1180. The number of aromatic nitrogens is 2. The lowest BCUT2D eigenvalue weighted by molar-refractivity contribution is -0.135. The minimum atomic E-state index is -0.691. The molecule has 7 heteroatoms. The van der Waals surface area contributed by atoms with E-state index in [1.165, 1.54) is 10.2 Å². The number of likely N-dealkylation sites (tertiary alicyclic amines) is 1. The van der Waals surface area contributed by atoms with Crippen LogP contribution >= 0.6 is 0 Å². The highest BCUT2D eigenvalue weighted by atomic mass is 16.5. The van der Waals surface area contributed by atoms with Crippen molar-refractivity contribution in [3.8, 4) is 0 Å². The molecule has 2 aromatic carbocycles. The largest absolute Gasteiger partial charge is 0.451 e. The van der Waals surface area contributed by atoms with Gasteiger partial charge in [-0.25, -0.2) is 9.48 Å². The van der Waals surface area contributed by atoms with E-state index in [9.17, 15) is 14.4 Å². The third-order valence-electron chi connectivity index (χ3n) is 6.16. The van der Waals surface area contributed by atoms with Crippen LogP contribution in [0.4, 0.5) is 0 Å². The number of esters is 1. The van der Waals surface area contributed by atoms with Crippen molar-refractivity contribution in [3.63, 3.8) is 0 Å². The zero-order valence-corrected chi connectivity index (χ0v) is 18.9. The Morgan fingerprint density at radius 1 is 1.00 bits per heavy atom. The van der Waals surface area contributed by atoms with Gasteiger partial charge in [-0.05, 0) is 43.2 Å². The number of hydrogen-bond acceptors (Lipinski definition) is 5. The Balaban J connectivity index is 1.36. The van der Waals surface area contributed by atoms with Crippen LogP contribution in [0.5, 0.6) is 0 Å². The van der Waals surface area contributed by atoms with E-state index in [4.69, 9.17) is 4.74 Å². The first-order valence-electron chi connectivity index (χ1n) is 11.6. The van der Waals surface area contributed by atoms with Crippen molar-refractivity contribution in [1.29, 1.82) is 0 Å². The van der Waals surface area contributed by atoms with Crippen molar-refractivity contribution in [2.45, 2.75) is 39.2 Å². The summed E-state index contributed by atoms with van der Waals surface area (Å²) < 4.78 is 6.63. The normalized spacial score (nSPS) is 14.4. The van der Waals surface area contributed by atoms with Gasteiger partial charge >= 0.3 is 5.97 Å². The van der Waals surface area contributed by atoms with Crippen LogP contribution in [0.25, 0.3) is 10.8 Å². The minimum Gasteiger partial charge on any atom is -0.451 e. The van der Waals surface area contributed by atoms with E-state index in [1.807, 2.05) is 13.0 Å². The zero-order chi connectivity index (χ0) is 23.2. The molecule has 0 saturated carbocycles. The summed E-state index contributed by atoms with van der Waals surface area (Å²) in [5.41, 5.74) is 1.15. The molecule has 1 aliphatic rings. The van der Waals surface area contributed by atoms with Crippen molar-refractivity contribution in [2.75, 3.05) is 19.7 Å². The van der Waals surface area contributed by atoms with E-state index in [0.29, 0.717) is 42.7 Å². The van der Waals surface area contributed by atoms with E-state index in [1.54, 1.807) is 29.2 Å². The van der Waals surface area contributed by atoms with Crippen molar-refractivity contribution < 1.29 is 14.3 Å². The van der Waals surface area contributed by atoms with Crippen LogP contribution in [0.15, 0.2) is 59.4 Å². The second-order valence-electron chi connectivity index (χ2n) is 8.51. The van der Waals surface area contributed by atoms with Gasteiger partial charge in [0.1, 0.15) is 0 Å². The Morgan fingerprint density at radius 2 is 1.67 bits per heavy atom. The molecule has 1 fully saturated rings. The monoisotopic (exact) mass is 447 g/mol. The van der Waals surface area contributed by atoms with Crippen molar-refractivity contribution in [2.24, 2.45) is 5.92 Å². The van der Waals surface area contributed by atoms with Crippen molar-refractivity contribution in [1.82, 2.24) is 14.7 Å². The van der Waals surface area contributed by atoms with Crippen LogP contribution in [0.2, 0.25) is 0 Å². The number of rotatable bonds is 7. The number of carbonyl (C=O) groups excluding carboxylic acids is 2. The molecule has 0 aliphatic carbocycles. The molecule has 0 N–H and O–H groups in total. The summed E-state index contributed by atoms with van der Waals surface area (Å²) in [6.07, 6.45) is 3.59. The first kappa shape index (κ1) is 22.7. The van der Waals surface area contributed by atoms with Crippen LogP contribution in [0, 0.1) is 5.92 Å². The lowest BCUT2D eigenvalue weighted by Gasteiger charge is -2.32. The van der Waals surface area contributed by atoms with E-state index < -0.39 is 5.97 Å². The predicted molar refractivity (Wildman–Crippen MR) is 126 cm³/mol. The maximum Gasteiger partial charge on any atom is 0.359 e. The smallest absolute Gasteiger partial charge is 0.359 e. The number of aryl methyl sites for hydroxylation is 1. The highest BCUT2D eigenvalue weighted by Crippen LogP contribution is 2.22. The number of nitrogens with zero attached hydrogens (tertiary/aromatic N) is 3. The summed E-state index contributed by atoms with van der Waals surface area (Å²) in [6, 6.07) is 17.2. The van der Waals surface area contributed by atoms with Crippen molar-refractivity contribution in [3.05, 3.63) is 76.2 Å². The van der Waals surface area contributed by atoms with Gasteiger partial charge in [-0.15, -0.1) is 0 Å². The summed E-state index contributed by atoms with van der Waals surface area (Å²) in [5.74, 6) is -0.342. The van der Waals surface area contributed by atoms with Gasteiger partial charge in [0.15, 0.2) is 12.3 Å². The number of fused-ring (bicyclic) bond motifs is 1. The number of ether oxygens (including phenoxy) is 1. The van der Waals surface area contributed by atoms with Crippen LogP contribution in [0.3, 0.4) is 0 Å². The van der Waals surface area contributed by atoms with Gasteiger partial charge in [-0.3, -0.25) is 9.59 Å². The first-order chi connectivity index (χ1) is 16.1. The fraction of sp³-hybridized carbons (Fsp3) is 0.385. The number of benzene rings is 2. The van der Waals surface area contributed by atoms with Crippen LogP contribution in [0.1, 0.15) is 42.2 Å². The molecular formula is C26H29N3O4. The molecule has 0 radical (unpaired) electrons. The van der Waals surface area contributed by atoms with Gasteiger partial charge in [0, 0.05) is 25.0 Å². The first-order valence-corrected chi connectivity index (χ1v) is 11.6. The Labute approximate surface area is 193 Å². The quantitative estimate of drug-likeness (QED) is 0.518. The standard InChI is InChI=1S/C26H29N3O4/c1-2-14-29-25(31)22-11-7-6-10-21(22)24(27-29)26(32)33-18-23(30)28-15-12-20(13-16-28)17-19-8-4-3-5-9-19/h3-11,20H,2,12-18H2,1H3. The molecule has 0 spiro atoms. The van der Waals surface area contributed by atoms with E-state index >= 15 is 0 Å². The van der Waals surface area contributed by atoms with Gasteiger partial charge in [0.05, 0.1) is 5.39 Å². The van der Waals surface area contributed by atoms with Gasteiger partial charge < -0.3 is 9.64 Å². The SMILES string of the molecule is CCCn1nc(C(=O)OCC(=O)N2CCC(Cc3ccccc3)CC2)c2ccccc2c1=O. The zero-order valence-electron chi connectivity index (χ0n) is 18.9. The molecular weight excluding hydrogens is 418 g/mol. The minimum absolute atomic E-state index is 0.0630. The fourth-order valence-corrected chi connectivity index (χ4v) is 4.37. The molecule has 1 aliphatic heterocycles. The average Bonchev–Trinajstić information content (AvgIpc) is 2.85. The molecule has 1 aromatic heterocycles. The Morgan fingerprint density at radius 3 is 2.36 bits per heavy atom. The second-order valence-corrected chi connectivity index (χ2v) is 8.51. The molecule has 2 heterocycles. The molecule has 0 bridgehead atoms. The summed E-state index contributed by atoms with van der Waals surface area (Å²) >= 11 is 0. The summed E-state index contributed by atoms with van der Waals surface area (Å²) in [6.45, 7) is 3.34. The van der Waals surface area contributed by atoms with E-state index in [-0.39, 0.29) is 23.8 Å². The van der Waals surface area contributed by atoms with E-state index in [0.717, 1.165) is 19.3 Å². The highest BCUT2D eigenvalue weighted by Gasteiger charge is 2.25. The highest BCUT2D eigenvalue weighted by molar-refractivity contribution is 6.02. The topological polar surface area (TPSA) is 81.5 Å². The molecule has 1 amide bonds. The second kappa shape index (κ2) is 10.4. The average molecular weight is 448 g/mol. The summed E-state index contributed by atoms with van der Waals surface area (Å²) in [7, 11) is 0. The summed E-state index contributed by atoms with van der Waals surface area (Å²) in [4.78, 5) is 39.8. The number of piperidine rings is 1. The summed E-state index contributed by atoms with van der Waals surface area (Å²) in [5, 5.41) is 5.09. The fourth-order valence-electron chi connectivity index (χ4n) is 4.37. The molecule has 1 saturated heterocycles. The molecule has 4 rings (SSSR count). The molecule has 3 aromatic rings. The van der Waals surface area contributed by atoms with Crippen LogP contribution in [-0.4, -0.2) is 46.3 Å².